The molecule has 0 atom stereocenters. The van der Waals surface area contributed by atoms with Gasteiger partial charge in [-0.15, -0.1) is 0 Å². The fourth-order valence-corrected chi connectivity index (χ4v) is 1.66. The van der Waals surface area contributed by atoms with Crippen molar-refractivity contribution in [3.63, 3.8) is 0 Å². The maximum atomic E-state index is 11.5. The summed E-state index contributed by atoms with van der Waals surface area (Å²) in [4.78, 5) is 34.0. The average molecular weight is 334 g/mol. The monoisotopic (exact) mass is 334 g/mol. The van der Waals surface area contributed by atoms with Crippen molar-refractivity contribution in [1.82, 2.24) is 10.7 Å². The van der Waals surface area contributed by atoms with E-state index in [1.807, 2.05) is 13.8 Å². The van der Waals surface area contributed by atoms with Crippen LogP contribution in [0.1, 0.15) is 36.7 Å². The predicted molar refractivity (Wildman–Crippen MR) is 85.5 cm³/mol. The van der Waals surface area contributed by atoms with Gasteiger partial charge in [-0.05, 0) is 36.6 Å². The first-order valence-corrected chi connectivity index (χ1v) is 7.44. The van der Waals surface area contributed by atoms with E-state index in [1.165, 1.54) is 18.3 Å². The normalized spacial score (nSPS) is 10.7. The van der Waals surface area contributed by atoms with Crippen LogP contribution < -0.4 is 20.6 Å². The quantitative estimate of drug-likeness (QED) is 0.402. The van der Waals surface area contributed by atoms with E-state index in [-0.39, 0.29) is 17.2 Å². The van der Waals surface area contributed by atoms with Crippen molar-refractivity contribution in [2.75, 3.05) is 13.2 Å². The number of amides is 2. The Hall–Kier alpha value is -2.90. The van der Waals surface area contributed by atoms with Gasteiger partial charge in [-0.1, -0.05) is 13.8 Å². The third-order valence-corrected chi connectivity index (χ3v) is 2.78. The van der Waals surface area contributed by atoms with E-state index in [0.29, 0.717) is 18.7 Å². The lowest BCUT2D eigenvalue weighted by Crippen LogP contribution is -2.39. The molecule has 0 bridgehead atoms. The summed E-state index contributed by atoms with van der Waals surface area (Å²) < 4.78 is 5.19. The third kappa shape index (κ3) is 6.07. The topological polar surface area (TPSA) is 120 Å². The first-order valence-electron chi connectivity index (χ1n) is 7.44. The minimum absolute atomic E-state index is 0.123. The molecule has 8 nitrogen and oxygen atoms in total. The minimum atomic E-state index is -1.38. The van der Waals surface area contributed by atoms with Crippen LogP contribution in [0.4, 0.5) is 0 Å². The van der Waals surface area contributed by atoms with Gasteiger partial charge in [-0.3, -0.25) is 9.59 Å². The summed E-state index contributed by atoms with van der Waals surface area (Å²) in [5.41, 5.74) is 2.35. The molecule has 0 heterocycles. The first kappa shape index (κ1) is 19.1. The Bertz CT molecular complexity index is 641. The van der Waals surface area contributed by atoms with Crippen LogP contribution in [0.25, 0.3) is 0 Å². The van der Waals surface area contributed by atoms with E-state index in [2.05, 4.69) is 15.8 Å². The van der Waals surface area contributed by atoms with Crippen molar-refractivity contribution in [2.45, 2.75) is 20.8 Å². The lowest BCUT2D eigenvalue weighted by molar-refractivity contribution is -0.255. The second kappa shape index (κ2) is 9.29. The number of carboxylic acids is 1. The molecule has 8 heteroatoms. The molecular formula is C16H20N3O5-. The van der Waals surface area contributed by atoms with Gasteiger partial charge in [0, 0.05) is 12.1 Å². The van der Waals surface area contributed by atoms with Gasteiger partial charge in [-0.25, -0.2) is 5.43 Å². The molecule has 0 aromatic heterocycles. The SMILES string of the molecule is CCOc1ccc(/C=N\NC(=O)C(=O)NCC(C)C)cc1C(=O)[O-]. The van der Waals surface area contributed by atoms with Crippen molar-refractivity contribution in [2.24, 2.45) is 11.0 Å². The van der Waals surface area contributed by atoms with Gasteiger partial charge in [0.1, 0.15) is 5.75 Å². The molecule has 2 N–H and O–H groups in total. The van der Waals surface area contributed by atoms with Gasteiger partial charge in [-0.2, -0.15) is 5.10 Å². The van der Waals surface area contributed by atoms with Gasteiger partial charge in [0.05, 0.1) is 18.8 Å². The number of carbonyl (C=O) groups is 3. The second-order valence-electron chi connectivity index (χ2n) is 5.28. The van der Waals surface area contributed by atoms with Gasteiger partial charge >= 0.3 is 11.8 Å². The van der Waals surface area contributed by atoms with Gasteiger partial charge in [0.2, 0.25) is 0 Å². The van der Waals surface area contributed by atoms with Crippen molar-refractivity contribution < 1.29 is 24.2 Å². The largest absolute Gasteiger partial charge is 0.545 e. The Morgan fingerprint density at radius 2 is 2.00 bits per heavy atom. The van der Waals surface area contributed by atoms with Crippen LogP contribution in [0.5, 0.6) is 5.75 Å². The zero-order valence-electron chi connectivity index (χ0n) is 13.8. The van der Waals surface area contributed by atoms with E-state index in [9.17, 15) is 19.5 Å². The molecule has 0 aliphatic rings. The molecule has 0 unspecified atom stereocenters. The average Bonchev–Trinajstić information content (AvgIpc) is 2.53. The summed E-state index contributed by atoms with van der Waals surface area (Å²) in [5.74, 6) is -2.67. The number of hydrazone groups is 1. The van der Waals surface area contributed by atoms with Crippen LogP contribution >= 0.6 is 0 Å². The van der Waals surface area contributed by atoms with Gasteiger partial charge in [0.25, 0.3) is 0 Å². The number of nitrogens with zero attached hydrogens (tertiary/aromatic N) is 1. The molecule has 0 spiro atoms. The number of benzene rings is 1. The number of carboxylic acid groups (broad SMARTS) is 1. The standard InChI is InChI=1S/C16H21N3O5/c1-4-24-13-6-5-11(7-12(13)16(22)23)9-18-19-15(21)14(20)17-8-10(2)3/h5-7,9-10H,4,8H2,1-3H3,(H,17,20)(H,19,21)(H,22,23)/p-1/b18-9-. The Kier molecular flexibility index (Phi) is 7.41. The highest BCUT2D eigenvalue weighted by Crippen LogP contribution is 2.18. The van der Waals surface area contributed by atoms with E-state index in [0.717, 1.165) is 0 Å². The van der Waals surface area contributed by atoms with Crippen molar-refractivity contribution in [1.29, 1.82) is 0 Å². The summed E-state index contributed by atoms with van der Waals surface area (Å²) in [6, 6.07) is 4.33. The van der Waals surface area contributed by atoms with Crippen molar-refractivity contribution in [3.8, 4) is 5.75 Å². The van der Waals surface area contributed by atoms with Gasteiger partial charge < -0.3 is 20.0 Å². The Labute approximate surface area is 139 Å². The molecule has 130 valence electrons. The van der Waals surface area contributed by atoms with E-state index in [4.69, 9.17) is 4.74 Å². The van der Waals surface area contributed by atoms with E-state index in [1.54, 1.807) is 13.0 Å². The van der Waals surface area contributed by atoms with E-state index >= 15 is 0 Å². The highest BCUT2D eigenvalue weighted by atomic mass is 16.5. The highest BCUT2D eigenvalue weighted by Gasteiger charge is 2.12. The molecule has 1 aromatic carbocycles. The van der Waals surface area contributed by atoms with Gasteiger partial charge in [0.15, 0.2) is 0 Å². The Morgan fingerprint density at radius 1 is 1.29 bits per heavy atom. The van der Waals surface area contributed by atoms with Crippen LogP contribution in [-0.2, 0) is 9.59 Å². The number of rotatable bonds is 7. The zero-order chi connectivity index (χ0) is 18.1. The highest BCUT2D eigenvalue weighted by molar-refractivity contribution is 6.35. The zero-order valence-corrected chi connectivity index (χ0v) is 13.8. The molecule has 1 rings (SSSR count). The maximum absolute atomic E-state index is 11.5. The molecule has 2 amide bonds. The molecule has 0 saturated heterocycles. The predicted octanol–water partition coefficient (Wildman–Crippen LogP) is -0.329. The molecule has 0 fully saturated rings. The lowest BCUT2D eigenvalue weighted by Gasteiger charge is -2.11. The van der Waals surface area contributed by atoms with Crippen LogP contribution in [0.2, 0.25) is 0 Å². The van der Waals surface area contributed by atoms with Crippen molar-refractivity contribution in [3.05, 3.63) is 29.3 Å². The number of hydrogen-bond acceptors (Lipinski definition) is 6. The number of hydrogen-bond donors (Lipinski definition) is 2. The smallest absolute Gasteiger partial charge is 0.329 e. The molecule has 0 radical (unpaired) electrons. The third-order valence-electron chi connectivity index (χ3n) is 2.78. The second-order valence-corrected chi connectivity index (χ2v) is 5.28. The van der Waals surface area contributed by atoms with Crippen LogP contribution in [-0.4, -0.2) is 37.1 Å². The lowest BCUT2D eigenvalue weighted by atomic mass is 10.1. The molecule has 0 aliphatic carbocycles. The Morgan fingerprint density at radius 3 is 2.58 bits per heavy atom. The van der Waals surface area contributed by atoms with Crippen LogP contribution in [0, 0.1) is 5.92 Å². The molecule has 0 aliphatic heterocycles. The summed E-state index contributed by atoms with van der Waals surface area (Å²) >= 11 is 0. The number of aromatic carboxylic acids is 1. The van der Waals surface area contributed by atoms with Crippen LogP contribution in [0.15, 0.2) is 23.3 Å². The summed E-state index contributed by atoms with van der Waals surface area (Å²) in [6.45, 7) is 6.22. The fraction of sp³-hybridized carbons (Fsp3) is 0.375. The van der Waals surface area contributed by atoms with Crippen molar-refractivity contribution >= 4 is 24.0 Å². The first-order chi connectivity index (χ1) is 11.3. The number of ether oxygens (including phenoxy) is 1. The molecule has 0 saturated carbocycles. The summed E-state index contributed by atoms with van der Waals surface area (Å²) in [6.07, 6.45) is 1.22. The minimum Gasteiger partial charge on any atom is -0.545 e. The molecular weight excluding hydrogens is 314 g/mol. The van der Waals surface area contributed by atoms with Crippen LogP contribution in [0.3, 0.4) is 0 Å². The summed E-state index contributed by atoms with van der Waals surface area (Å²) in [7, 11) is 0. The maximum Gasteiger partial charge on any atom is 0.329 e. The molecule has 1 aromatic rings. The number of nitrogens with one attached hydrogen (secondary N) is 2. The van der Waals surface area contributed by atoms with E-state index < -0.39 is 17.8 Å². The fourth-order valence-electron chi connectivity index (χ4n) is 1.66. The number of carbonyl (C=O) groups excluding carboxylic acids is 3. The summed E-state index contributed by atoms with van der Waals surface area (Å²) in [5, 5.41) is 17.2. The Balaban J connectivity index is 2.70. The molecule has 24 heavy (non-hydrogen) atoms.